The number of hydrogen-bond acceptors (Lipinski definition) is 7. The summed E-state index contributed by atoms with van der Waals surface area (Å²) >= 11 is 0. The Balaban J connectivity index is 1.60. The molecular weight excluding hydrogens is 460 g/mol. The summed E-state index contributed by atoms with van der Waals surface area (Å²) in [5, 5.41) is 0. The van der Waals surface area contributed by atoms with Crippen LogP contribution in [0.2, 0.25) is 0 Å². The van der Waals surface area contributed by atoms with Crippen LogP contribution in [0.3, 0.4) is 0 Å². The van der Waals surface area contributed by atoms with Crippen LogP contribution in [0, 0.1) is 0 Å². The lowest BCUT2D eigenvalue weighted by molar-refractivity contribution is 0.0846. The van der Waals surface area contributed by atoms with Crippen LogP contribution < -0.4 is 15.7 Å². The number of carbonyl (C=O) groups excluding carboxylic acids is 2. The molecule has 0 aliphatic carbocycles. The molecule has 1 aliphatic heterocycles. The van der Waals surface area contributed by atoms with E-state index in [2.05, 4.69) is 15.7 Å². The Hall–Kier alpha value is -2.84. The van der Waals surface area contributed by atoms with E-state index in [9.17, 15) is 26.4 Å². The van der Waals surface area contributed by atoms with Crippen LogP contribution in [-0.2, 0) is 24.9 Å². The molecule has 3 rings (SSSR count). The molecule has 0 aromatic heterocycles. The number of amides is 2. The van der Waals surface area contributed by atoms with Crippen LogP contribution in [0.5, 0.6) is 0 Å². The van der Waals surface area contributed by atoms with Crippen LogP contribution in [0.4, 0.5) is 0 Å². The molecule has 32 heavy (non-hydrogen) atoms. The maximum absolute atomic E-state index is 12.5. The quantitative estimate of drug-likeness (QED) is 0.483. The highest BCUT2D eigenvalue weighted by atomic mass is 32.2. The van der Waals surface area contributed by atoms with Gasteiger partial charge in [-0.3, -0.25) is 25.3 Å². The van der Waals surface area contributed by atoms with Gasteiger partial charge in [0.15, 0.2) is 0 Å². The third-order valence-electron chi connectivity index (χ3n) is 4.73. The van der Waals surface area contributed by atoms with Crippen molar-refractivity contribution >= 4 is 31.9 Å². The number of sulfonamides is 2. The molecule has 0 saturated carbocycles. The van der Waals surface area contributed by atoms with Crippen molar-refractivity contribution < 1.29 is 31.3 Å². The average Bonchev–Trinajstić information content (AvgIpc) is 3.33. The Labute approximate surface area is 185 Å². The van der Waals surface area contributed by atoms with E-state index in [1.807, 2.05) is 4.89 Å². The SMILES string of the molecule is CONS(=O)(=O)c1ccc(C(=O)NNC(=O)c2ccc(S(=O)(=O)N3CCCC3)cc2)cc1. The number of hydrazine groups is 1. The largest absolute Gasteiger partial charge is 0.290 e. The lowest BCUT2D eigenvalue weighted by atomic mass is 10.2. The van der Waals surface area contributed by atoms with Crippen molar-refractivity contribution in [3.63, 3.8) is 0 Å². The molecule has 0 unspecified atom stereocenters. The van der Waals surface area contributed by atoms with Gasteiger partial charge in [0.05, 0.1) is 16.9 Å². The summed E-state index contributed by atoms with van der Waals surface area (Å²) in [7, 11) is -6.28. The van der Waals surface area contributed by atoms with Crippen LogP contribution in [0.1, 0.15) is 33.6 Å². The fraction of sp³-hybridized carbons (Fsp3) is 0.263. The lowest BCUT2D eigenvalue weighted by Gasteiger charge is -2.15. The van der Waals surface area contributed by atoms with Gasteiger partial charge >= 0.3 is 0 Å². The Kier molecular flexibility index (Phi) is 7.26. The predicted octanol–water partition coefficient (Wildman–Crippen LogP) is 0.386. The average molecular weight is 483 g/mol. The van der Waals surface area contributed by atoms with Gasteiger partial charge in [0.25, 0.3) is 21.8 Å². The zero-order valence-corrected chi connectivity index (χ0v) is 18.7. The second kappa shape index (κ2) is 9.75. The molecule has 1 fully saturated rings. The van der Waals surface area contributed by atoms with E-state index in [1.54, 1.807) is 0 Å². The molecule has 0 radical (unpaired) electrons. The molecule has 1 saturated heterocycles. The molecule has 2 amide bonds. The number of nitrogens with zero attached hydrogens (tertiary/aromatic N) is 1. The topological polar surface area (TPSA) is 151 Å². The summed E-state index contributed by atoms with van der Waals surface area (Å²) < 4.78 is 50.1. The highest BCUT2D eigenvalue weighted by Gasteiger charge is 2.27. The highest BCUT2D eigenvalue weighted by Crippen LogP contribution is 2.21. The number of nitrogens with one attached hydrogen (secondary N) is 3. The second-order valence-corrected chi connectivity index (χ2v) is 10.4. The summed E-state index contributed by atoms with van der Waals surface area (Å²) in [4.78, 5) is 30.7. The fourth-order valence-corrected chi connectivity index (χ4v) is 5.38. The smallest absolute Gasteiger partial charge is 0.269 e. The van der Waals surface area contributed by atoms with Crippen molar-refractivity contribution in [1.29, 1.82) is 0 Å². The predicted molar refractivity (Wildman–Crippen MR) is 113 cm³/mol. The molecular formula is C19H22N4O7S2. The first kappa shape index (κ1) is 23.8. The number of carbonyl (C=O) groups is 2. The van der Waals surface area contributed by atoms with Gasteiger partial charge in [0.1, 0.15) is 0 Å². The van der Waals surface area contributed by atoms with Gasteiger partial charge in [-0.1, -0.05) is 4.89 Å². The number of rotatable bonds is 7. The monoisotopic (exact) mass is 482 g/mol. The van der Waals surface area contributed by atoms with E-state index in [0.29, 0.717) is 13.1 Å². The van der Waals surface area contributed by atoms with Gasteiger partial charge in [-0.15, -0.1) is 0 Å². The van der Waals surface area contributed by atoms with Crippen molar-refractivity contribution in [3.8, 4) is 0 Å². The Bertz CT molecular complexity index is 1190. The minimum atomic E-state index is -3.85. The van der Waals surface area contributed by atoms with E-state index >= 15 is 0 Å². The maximum Gasteiger partial charge on any atom is 0.269 e. The van der Waals surface area contributed by atoms with Gasteiger partial charge in [0.2, 0.25) is 10.0 Å². The lowest BCUT2D eigenvalue weighted by Crippen LogP contribution is -2.41. The third-order valence-corrected chi connectivity index (χ3v) is 7.92. The molecule has 0 atom stereocenters. The Morgan fingerprint density at radius 3 is 1.66 bits per heavy atom. The van der Waals surface area contributed by atoms with Gasteiger partial charge in [0, 0.05) is 24.2 Å². The normalized spacial score (nSPS) is 14.8. The van der Waals surface area contributed by atoms with Gasteiger partial charge in [-0.05, 0) is 61.4 Å². The van der Waals surface area contributed by atoms with Crippen LogP contribution in [0.25, 0.3) is 0 Å². The maximum atomic E-state index is 12.5. The Morgan fingerprint density at radius 1 is 0.781 bits per heavy atom. The first-order valence-electron chi connectivity index (χ1n) is 9.51. The molecule has 13 heteroatoms. The van der Waals surface area contributed by atoms with E-state index in [1.165, 1.54) is 52.8 Å². The molecule has 172 valence electrons. The van der Waals surface area contributed by atoms with Crippen molar-refractivity contribution in [1.82, 2.24) is 20.0 Å². The Morgan fingerprint density at radius 2 is 1.22 bits per heavy atom. The standard InChI is InChI=1S/C19H22N4O7S2/c1-30-22-31(26,27)16-8-4-14(5-9-16)18(24)20-21-19(25)15-6-10-17(11-7-15)32(28,29)23-12-2-3-13-23/h4-11,22H,2-3,12-13H2,1H3,(H,20,24)(H,21,25). The summed E-state index contributed by atoms with van der Waals surface area (Å²) in [6.45, 7) is 0.957. The third kappa shape index (κ3) is 5.31. The molecule has 0 bridgehead atoms. The molecule has 0 spiro atoms. The van der Waals surface area contributed by atoms with Crippen LogP contribution in [0.15, 0.2) is 58.3 Å². The van der Waals surface area contributed by atoms with E-state index < -0.39 is 31.9 Å². The minimum Gasteiger partial charge on any atom is -0.290 e. The highest BCUT2D eigenvalue weighted by molar-refractivity contribution is 7.89. The first-order chi connectivity index (χ1) is 15.1. The fourth-order valence-electron chi connectivity index (χ4n) is 3.06. The molecule has 3 N–H and O–H groups in total. The van der Waals surface area contributed by atoms with E-state index in [0.717, 1.165) is 20.0 Å². The van der Waals surface area contributed by atoms with Crippen molar-refractivity contribution in [2.75, 3.05) is 20.2 Å². The van der Waals surface area contributed by atoms with E-state index in [-0.39, 0.29) is 20.9 Å². The summed E-state index contributed by atoms with van der Waals surface area (Å²) in [6, 6.07) is 10.3. The number of benzene rings is 2. The van der Waals surface area contributed by atoms with Crippen LogP contribution >= 0.6 is 0 Å². The zero-order chi connectivity index (χ0) is 23.4. The van der Waals surface area contributed by atoms with Crippen LogP contribution in [-0.4, -0.2) is 53.2 Å². The number of hydrogen-bond donors (Lipinski definition) is 3. The summed E-state index contributed by atoms with van der Waals surface area (Å²) in [5.74, 6) is -1.32. The molecule has 2 aromatic rings. The van der Waals surface area contributed by atoms with Gasteiger partial charge in [-0.2, -0.15) is 4.31 Å². The van der Waals surface area contributed by atoms with Crippen molar-refractivity contribution in [3.05, 3.63) is 59.7 Å². The summed E-state index contributed by atoms with van der Waals surface area (Å²) in [6.07, 6.45) is 1.64. The van der Waals surface area contributed by atoms with Gasteiger partial charge < -0.3 is 0 Å². The zero-order valence-electron chi connectivity index (χ0n) is 17.1. The molecule has 11 nitrogen and oxygen atoms in total. The molecule has 2 aromatic carbocycles. The first-order valence-corrected chi connectivity index (χ1v) is 12.4. The summed E-state index contributed by atoms with van der Waals surface area (Å²) in [5.41, 5.74) is 4.70. The minimum absolute atomic E-state index is 0.0954. The van der Waals surface area contributed by atoms with Crippen molar-refractivity contribution in [2.24, 2.45) is 0 Å². The molecule has 1 heterocycles. The molecule has 1 aliphatic rings. The van der Waals surface area contributed by atoms with Gasteiger partial charge in [-0.25, -0.2) is 16.8 Å². The van der Waals surface area contributed by atoms with Crippen molar-refractivity contribution in [2.45, 2.75) is 22.6 Å². The second-order valence-electron chi connectivity index (χ2n) is 6.86. The van der Waals surface area contributed by atoms with E-state index in [4.69, 9.17) is 0 Å².